The Balaban J connectivity index is 1.63. The van der Waals surface area contributed by atoms with Crippen LogP contribution in [-0.4, -0.2) is 17.5 Å². The summed E-state index contributed by atoms with van der Waals surface area (Å²) >= 11 is 0. The van der Waals surface area contributed by atoms with Gasteiger partial charge in [0.15, 0.2) is 11.6 Å². The molecular weight excluding hydrogens is 340 g/mol. The van der Waals surface area contributed by atoms with Crippen LogP contribution >= 0.6 is 0 Å². The fourth-order valence-electron chi connectivity index (χ4n) is 3.13. The molecule has 0 N–H and O–H groups in total. The summed E-state index contributed by atoms with van der Waals surface area (Å²) in [6.45, 7) is 3.75. The fourth-order valence-corrected chi connectivity index (χ4v) is 3.13. The summed E-state index contributed by atoms with van der Waals surface area (Å²) in [4.78, 5) is 36.4. The maximum absolute atomic E-state index is 12.6. The number of carbonyl (C=O) groups excluding carboxylic acids is 3. The van der Waals surface area contributed by atoms with E-state index in [2.05, 4.69) is 0 Å². The summed E-state index contributed by atoms with van der Waals surface area (Å²) in [5.74, 6) is -0.347. The Bertz CT molecular complexity index is 890. The Kier molecular flexibility index (Phi) is 5.36. The molecule has 0 aliphatic heterocycles. The van der Waals surface area contributed by atoms with Gasteiger partial charge in [-0.25, -0.2) is 0 Å². The van der Waals surface area contributed by atoms with Gasteiger partial charge in [0, 0.05) is 17.4 Å². The standard InChI is InChI=1S/C23H22O4/c1-23(2)14-19(24)13-20(22(23)26)18-10-8-17(9-11-18)15-27-21(25)12-16-6-4-3-5-7-16/h3-11,13H,12,14-15H2,1-2H3. The summed E-state index contributed by atoms with van der Waals surface area (Å²) in [6.07, 6.45) is 1.91. The van der Waals surface area contributed by atoms with E-state index in [9.17, 15) is 14.4 Å². The predicted molar refractivity (Wildman–Crippen MR) is 103 cm³/mol. The van der Waals surface area contributed by atoms with Crippen LogP contribution in [-0.2, 0) is 32.1 Å². The quantitative estimate of drug-likeness (QED) is 0.756. The molecule has 0 radical (unpaired) electrons. The molecule has 0 spiro atoms. The molecule has 27 heavy (non-hydrogen) atoms. The largest absolute Gasteiger partial charge is 0.461 e. The van der Waals surface area contributed by atoms with Crippen LogP contribution in [0.15, 0.2) is 60.7 Å². The number of hydrogen-bond acceptors (Lipinski definition) is 4. The van der Waals surface area contributed by atoms with Gasteiger partial charge in [-0.3, -0.25) is 14.4 Å². The van der Waals surface area contributed by atoms with E-state index in [1.54, 1.807) is 26.0 Å². The second kappa shape index (κ2) is 7.70. The third kappa shape index (κ3) is 4.59. The zero-order valence-corrected chi connectivity index (χ0v) is 15.5. The molecule has 1 aliphatic rings. The molecule has 4 nitrogen and oxygen atoms in total. The number of carbonyl (C=O) groups is 3. The first-order chi connectivity index (χ1) is 12.8. The highest BCUT2D eigenvalue weighted by Crippen LogP contribution is 2.34. The number of ketones is 2. The van der Waals surface area contributed by atoms with Gasteiger partial charge in [0.25, 0.3) is 0 Å². The molecule has 0 amide bonds. The first-order valence-corrected chi connectivity index (χ1v) is 8.93. The van der Waals surface area contributed by atoms with Crippen LogP contribution < -0.4 is 0 Å². The van der Waals surface area contributed by atoms with Crippen molar-refractivity contribution in [3.8, 4) is 0 Å². The van der Waals surface area contributed by atoms with Crippen LogP contribution in [0.2, 0.25) is 0 Å². The van der Waals surface area contributed by atoms with Crippen LogP contribution in [0, 0.1) is 5.41 Å². The first kappa shape index (κ1) is 18.8. The number of allylic oxidation sites excluding steroid dienone is 2. The van der Waals surface area contributed by atoms with Crippen molar-refractivity contribution in [3.05, 3.63) is 77.4 Å². The summed E-state index contributed by atoms with van der Waals surface area (Å²) in [5.41, 5.74) is 2.22. The highest BCUT2D eigenvalue weighted by molar-refractivity contribution is 6.30. The normalized spacial score (nSPS) is 16.0. The van der Waals surface area contributed by atoms with Gasteiger partial charge in [0.2, 0.25) is 0 Å². The van der Waals surface area contributed by atoms with E-state index >= 15 is 0 Å². The number of benzene rings is 2. The monoisotopic (exact) mass is 362 g/mol. The predicted octanol–water partition coefficient (Wildman–Crippen LogP) is 3.92. The number of hydrogen-bond donors (Lipinski definition) is 0. The average molecular weight is 362 g/mol. The van der Waals surface area contributed by atoms with Crippen molar-refractivity contribution in [3.63, 3.8) is 0 Å². The molecule has 0 unspecified atom stereocenters. The van der Waals surface area contributed by atoms with Crippen LogP contribution in [0.5, 0.6) is 0 Å². The molecule has 138 valence electrons. The number of rotatable bonds is 5. The van der Waals surface area contributed by atoms with Gasteiger partial charge < -0.3 is 4.74 Å². The minimum absolute atomic E-state index is 0.0239. The SMILES string of the molecule is CC1(C)CC(=O)C=C(c2ccc(COC(=O)Cc3ccccc3)cc2)C1=O. The molecule has 0 atom stereocenters. The van der Waals surface area contributed by atoms with Gasteiger partial charge in [-0.2, -0.15) is 0 Å². The van der Waals surface area contributed by atoms with Gasteiger partial charge >= 0.3 is 5.97 Å². The second-order valence-corrected chi connectivity index (χ2v) is 7.43. The van der Waals surface area contributed by atoms with Crippen LogP contribution in [0.1, 0.15) is 37.0 Å². The summed E-state index contributed by atoms with van der Waals surface area (Å²) in [5, 5.41) is 0. The van der Waals surface area contributed by atoms with Crippen molar-refractivity contribution in [2.24, 2.45) is 5.41 Å². The summed E-state index contributed by atoms with van der Waals surface area (Å²) < 4.78 is 5.31. The van der Waals surface area contributed by atoms with Crippen molar-refractivity contribution in [1.82, 2.24) is 0 Å². The lowest BCUT2D eigenvalue weighted by molar-refractivity contribution is -0.144. The number of esters is 1. The lowest BCUT2D eigenvalue weighted by Gasteiger charge is -2.27. The van der Waals surface area contributed by atoms with E-state index < -0.39 is 5.41 Å². The molecule has 4 heteroatoms. The lowest BCUT2D eigenvalue weighted by Crippen LogP contribution is -2.31. The highest BCUT2D eigenvalue weighted by Gasteiger charge is 2.36. The minimum Gasteiger partial charge on any atom is -0.461 e. The molecule has 0 aromatic heterocycles. The van der Waals surface area contributed by atoms with Crippen LogP contribution in [0.25, 0.3) is 5.57 Å². The lowest BCUT2D eigenvalue weighted by atomic mass is 9.74. The third-order valence-corrected chi connectivity index (χ3v) is 4.64. The molecule has 0 saturated heterocycles. The van der Waals surface area contributed by atoms with E-state index in [1.807, 2.05) is 42.5 Å². The molecule has 0 saturated carbocycles. The minimum atomic E-state index is -0.674. The Morgan fingerprint density at radius 3 is 2.30 bits per heavy atom. The van der Waals surface area contributed by atoms with Crippen LogP contribution in [0.4, 0.5) is 0 Å². The Morgan fingerprint density at radius 1 is 0.963 bits per heavy atom. The molecule has 0 bridgehead atoms. The zero-order valence-electron chi connectivity index (χ0n) is 15.5. The Hall–Kier alpha value is -3.01. The van der Waals surface area contributed by atoms with Crippen molar-refractivity contribution in [2.45, 2.75) is 33.3 Å². The van der Waals surface area contributed by atoms with Gasteiger partial charge in [0.05, 0.1) is 6.42 Å². The van der Waals surface area contributed by atoms with Gasteiger partial charge in [0.1, 0.15) is 6.61 Å². The van der Waals surface area contributed by atoms with Crippen LogP contribution in [0.3, 0.4) is 0 Å². The molecule has 1 aliphatic carbocycles. The maximum Gasteiger partial charge on any atom is 0.310 e. The third-order valence-electron chi connectivity index (χ3n) is 4.64. The summed E-state index contributed by atoms with van der Waals surface area (Å²) in [6, 6.07) is 16.6. The van der Waals surface area contributed by atoms with E-state index in [0.717, 1.165) is 11.1 Å². The topological polar surface area (TPSA) is 60.4 Å². The molecule has 2 aromatic rings. The molecule has 0 fully saturated rings. The molecule has 3 rings (SSSR count). The van der Waals surface area contributed by atoms with Crippen molar-refractivity contribution in [2.75, 3.05) is 0 Å². The Labute approximate surface area is 158 Å². The Morgan fingerprint density at radius 2 is 1.63 bits per heavy atom. The number of ether oxygens (including phenoxy) is 1. The summed E-state index contributed by atoms with van der Waals surface area (Å²) in [7, 11) is 0. The van der Waals surface area contributed by atoms with E-state index in [-0.39, 0.29) is 37.0 Å². The smallest absolute Gasteiger partial charge is 0.310 e. The van der Waals surface area contributed by atoms with Crippen molar-refractivity contribution in [1.29, 1.82) is 0 Å². The van der Waals surface area contributed by atoms with Gasteiger partial charge in [-0.1, -0.05) is 68.4 Å². The fraction of sp³-hybridized carbons (Fsp3) is 0.261. The van der Waals surface area contributed by atoms with Crippen molar-refractivity contribution >= 4 is 23.1 Å². The average Bonchev–Trinajstić information content (AvgIpc) is 2.64. The van der Waals surface area contributed by atoms with Crippen molar-refractivity contribution < 1.29 is 19.1 Å². The van der Waals surface area contributed by atoms with E-state index in [1.165, 1.54) is 6.08 Å². The highest BCUT2D eigenvalue weighted by atomic mass is 16.5. The second-order valence-electron chi connectivity index (χ2n) is 7.43. The van der Waals surface area contributed by atoms with E-state index in [0.29, 0.717) is 11.1 Å². The molecule has 0 heterocycles. The van der Waals surface area contributed by atoms with Gasteiger partial charge in [-0.15, -0.1) is 0 Å². The maximum atomic E-state index is 12.6. The number of Topliss-reactive ketones (excluding diaryl/α,β-unsaturated/α-hetero) is 1. The van der Waals surface area contributed by atoms with E-state index in [4.69, 9.17) is 4.74 Å². The van der Waals surface area contributed by atoms with Gasteiger partial charge in [-0.05, 0) is 22.8 Å². The molecule has 2 aromatic carbocycles. The first-order valence-electron chi connectivity index (χ1n) is 8.93. The zero-order chi connectivity index (χ0) is 19.4. The molecular formula is C23H22O4.